The molecule has 0 saturated heterocycles. The molecule has 1 rings (SSSR count). The molecule has 0 radical (unpaired) electrons. The van der Waals surface area contributed by atoms with Crippen molar-refractivity contribution in [2.24, 2.45) is 20.5 Å². The lowest BCUT2D eigenvalue weighted by molar-refractivity contribution is 0.676. The lowest BCUT2D eigenvalue weighted by atomic mass is 11.1. The number of rotatable bonds is 0. The minimum Gasteiger partial charge on any atom is -0.150 e. The van der Waals surface area contributed by atoms with Crippen LogP contribution in [0.15, 0.2) is 20.5 Å². The Kier molecular flexibility index (Phi) is 1.85. The lowest BCUT2D eigenvalue weighted by Gasteiger charge is -2.02. The van der Waals surface area contributed by atoms with E-state index in [4.69, 9.17) is 0 Å². The van der Waals surface area contributed by atoms with Crippen LogP contribution >= 0.6 is 25.3 Å². The molecule has 0 aromatic heterocycles. The highest BCUT2D eigenvalue weighted by atomic mass is 32.1. The first-order valence-electron chi connectivity index (χ1n) is 1.95. The van der Waals surface area contributed by atoms with Crippen LogP contribution in [0.5, 0.6) is 0 Å². The van der Waals surface area contributed by atoms with Crippen molar-refractivity contribution in [3.05, 3.63) is 0 Å². The van der Waals surface area contributed by atoms with Gasteiger partial charge in [-0.1, -0.05) is 0 Å². The van der Waals surface area contributed by atoms with Gasteiger partial charge in [0.2, 0.25) is 11.0 Å². The van der Waals surface area contributed by atoms with Crippen molar-refractivity contribution in [3.63, 3.8) is 0 Å². The van der Waals surface area contributed by atoms with Crippen molar-refractivity contribution in [2.45, 2.75) is 11.0 Å². The van der Waals surface area contributed by atoms with Gasteiger partial charge in [-0.3, -0.25) is 0 Å². The zero-order chi connectivity index (χ0) is 5.98. The predicted octanol–water partition coefficient (Wildman–Crippen LogP) is 1.33. The van der Waals surface area contributed by atoms with E-state index in [2.05, 4.69) is 45.7 Å². The van der Waals surface area contributed by atoms with Gasteiger partial charge in [0.25, 0.3) is 0 Å². The summed E-state index contributed by atoms with van der Waals surface area (Å²) in [5.41, 5.74) is -0.836. The maximum absolute atomic E-state index is 3.85. The van der Waals surface area contributed by atoms with Gasteiger partial charge in [-0.05, 0) is 0 Å². The molecule has 1 heterocycles. The van der Waals surface area contributed by atoms with E-state index in [1.807, 2.05) is 0 Å². The highest BCUT2D eigenvalue weighted by Crippen LogP contribution is 2.12. The summed E-state index contributed by atoms with van der Waals surface area (Å²) in [6, 6.07) is 0. The maximum Gasteiger partial charge on any atom is 0.223 e. The van der Waals surface area contributed by atoms with E-state index in [0.717, 1.165) is 0 Å². The van der Waals surface area contributed by atoms with E-state index in [1.165, 1.54) is 0 Å². The monoisotopic (exact) mass is 148 g/mol. The minimum atomic E-state index is -0.418. The molecular formula is C2H4N4S2. The molecule has 0 aromatic rings. The van der Waals surface area contributed by atoms with E-state index in [-0.39, 0.29) is 0 Å². The van der Waals surface area contributed by atoms with Gasteiger partial charge in [0.05, 0.1) is 0 Å². The normalized spacial score (nSPS) is 35.8. The average Bonchev–Trinajstić information content (AvgIpc) is 1.77. The SMILES string of the molecule is SC1N=NC(S)N=N1. The molecule has 0 unspecified atom stereocenters. The van der Waals surface area contributed by atoms with Gasteiger partial charge in [0, 0.05) is 0 Å². The quantitative estimate of drug-likeness (QED) is 0.487. The molecule has 0 saturated carbocycles. The molecule has 6 heteroatoms. The lowest BCUT2D eigenvalue weighted by Crippen LogP contribution is -1.97. The fourth-order valence-corrected chi connectivity index (χ4v) is 0.523. The molecule has 1 aliphatic rings. The Morgan fingerprint density at radius 3 is 1.25 bits per heavy atom. The third kappa shape index (κ3) is 1.45. The zero-order valence-electron chi connectivity index (χ0n) is 3.84. The Bertz CT molecular complexity index is 104. The Morgan fingerprint density at radius 2 is 1.00 bits per heavy atom. The largest absolute Gasteiger partial charge is 0.223 e. The molecule has 8 heavy (non-hydrogen) atoms. The summed E-state index contributed by atoms with van der Waals surface area (Å²) in [6.45, 7) is 0. The van der Waals surface area contributed by atoms with Gasteiger partial charge in [0.1, 0.15) is 0 Å². The van der Waals surface area contributed by atoms with Crippen LogP contribution in [0.3, 0.4) is 0 Å². The molecule has 1 aliphatic heterocycles. The highest BCUT2D eigenvalue weighted by molar-refractivity contribution is 7.81. The fraction of sp³-hybridized carbons (Fsp3) is 1.00. The Hall–Kier alpha value is -0.100. The van der Waals surface area contributed by atoms with Crippen LogP contribution in [0, 0.1) is 0 Å². The Balaban J connectivity index is 2.54. The number of azo groups is 2. The summed E-state index contributed by atoms with van der Waals surface area (Å²) in [7, 11) is 0. The summed E-state index contributed by atoms with van der Waals surface area (Å²) >= 11 is 7.69. The molecule has 44 valence electrons. The molecule has 0 aromatic carbocycles. The third-order valence-corrected chi connectivity index (χ3v) is 0.960. The second kappa shape index (κ2) is 2.45. The fourth-order valence-electron chi connectivity index (χ4n) is 0.285. The summed E-state index contributed by atoms with van der Waals surface area (Å²) in [5.74, 6) is 0. The first-order chi connectivity index (χ1) is 3.79. The summed E-state index contributed by atoms with van der Waals surface area (Å²) in [4.78, 5) is 0. The molecule has 0 bridgehead atoms. The number of hydrogen-bond donors (Lipinski definition) is 2. The van der Waals surface area contributed by atoms with Crippen LogP contribution in [-0.4, -0.2) is 11.0 Å². The molecule has 0 amide bonds. The van der Waals surface area contributed by atoms with Crippen LogP contribution in [0.2, 0.25) is 0 Å². The van der Waals surface area contributed by atoms with E-state index >= 15 is 0 Å². The second-order valence-corrected chi connectivity index (χ2v) is 2.08. The number of nitrogens with zero attached hydrogens (tertiary/aromatic N) is 4. The van der Waals surface area contributed by atoms with Crippen molar-refractivity contribution in [1.82, 2.24) is 0 Å². The topological polar surface area (TPSA) is 49.4 Å². The van der Waals surface area contributed by atoms with Gasteiger partial charge in [0.15, 0.2) is 0 Å². The van der Waals surface area contributed by atoms with Gasteiger partial charge < -0.3 is 0 Å². The van der Waals surface area contributed by atoms with Crippen molar-refractivity contribution in [3.8, 4) is 0 Å². The summed E-state index contributed by atoms with van der Waals surface area (Å²) in [6.07, 6.45) is 0. The van der Waals surface area contributed by atoms with Crippen LogP contribution in [0.1, 0.15) is 0 Å². The average molecular weight is 148 g/mol. The smallest absolute Gasteiger partial charge is 0.150 e. The Labute approximate surface area is 57.3 Å². The molecule has 4 nitrogen and oxygen atoms in total. The number of hydrogen-bond acceptors (Lipinski definition) is 6. The van der Waals surface area contributed by atoms with Gasteiger partial charge in [-0.25, -0.2) is 0 Å². The van der Waals surface area contributed by atoms with Crippen molar-refractivity contribution in [1.29, 1.82) is 0 Å². The van der Waals surface area contributed by atoms with Crippen LogP contribution in [-0.2, 0) is 0 Å². The third-order valence-electron chi connectivity index (χ3n) is 0.546. The van der Waals surface area contributed by atoms with E-state index < -0.39 is 11.0 Å². The first-order valence-corrected chi connectivity index (χ1v) is 2.98. The summed E-state index contributed by atoms with van der Waals surface area (Å²) < 4.78 is 0. The molecule has 0 spiro atoms. The summed E-state index contributed by atoms with van der Waals surface area (Å²) in [5, 5.41) is 14.3. The van der Waals surface area contributed by atoms with Crippen LogP contribution < -0.4 is 0 Å². The number of thiol groups is 2. The van der Waals surface area contributed by atoms with Gasteiger partial charge >= 0.3 is 0 Å². The van der Waals surface area contributed by atoms with Crippen molar-refractivity contribution >= 4 is 25.3 Å². The van der Waals surface area contributed by atoms with Crippen LogP contribution in [0.25, 0.3) is 0 Å². The molecular weight excluding hydrogens is 144 g/mol. The predicted molar refractivity (Wildman–Crippen MR) is 35.3 cm³/mol. The molecule has 0 atom stereocenters. The van der Waals surface area contributed by atoms with E-state index in [1.54, 1.807) is 0 Å². The van der Waals surface area contributed by atoms with Crippen molar-refractivity contribution < 1.29 is 0 Å². The molecule has 0 fully saturated rings. The van der Waals surface area contributed by atoms with Gasteiger partial charge in [-0.2, -0.15) is 20.5 Å². The Morgan fingerprint density at radius 1 is 0.750 bits per heavy atom. The first kappa shape index (κ1) is 6.03. The van der Waals surface area contributed by atoms with Gasteiger partial charge in [-0.15, -0.1) is 25.3 Å². The van der Waals surface area contributed by atoms with E-state index in [0.29, 0.717) is 0 Å². The maximum atomic E-state index is 3.85. The van der Waals surface area contributed by atoms with Crippen LogP contribution in [0.4, 0.5) is 0 Å². The van der Waals surface area contributed by atoms with E-state index in [9.17, 15) is 0 Å². The molecule has 0 N–H and O–H groups in total. The standard InChI is InChI=1S/C2H4N4S2/c7-1-3-5-2(8)6-4-1/h1-2,7-8H. The highest BCUT2D eigenvalue weighted by Gasteiger charge is 2.04. The minimum absolute atomic E-state index is 0.418. The van der Waals surface area contributed by atoms with Crippen molar-refractivity contribution in [2.75, 3.05) is 0 Å². The second-order valence-electron chi connectivity index (χ2n) is 1.15. The zero-order valence-corrected chi connectivity index (χ0v) is 5.63. The molecule has 0 aliphatic carbocycles.